The Bertz CT molecular complexity index is 590. The lowest BCUT2D eigenvalue weighted by molar-refractivity contribution is -0.698. The SMILES string of the molecule is CCN(CC)c1ccc(/C=C/c2cc[n+](CCO)cc2)cc1.[I-]. The lowest BCUT2D eigenvalue weighted by atomic mass is 10.1. The van der Waals surface area contributed by atoms with E-state index in [1.165, 1.54) is 11.3 Å². The van der Waals surface area contributed by atoms with Crippen LogP contribution in [0, 0.1) is 0 Å². The number of aliphatic hydroxyl groups excluding tert-OH is 1. The number of benzene rings is 1. The molecule has 1 N–H and O–H groups in total. The molecule has 0 radical (unpaired) electrons. The fourth-order valence-electron chi connectivity index (χ4n) is 2.42. The molecule has 1 aromatic heterocycles. The molecule has 0 saturated carbocycles. The van der Waals surface area contributed by atoms with Crippen LogP contribution in [0.3, 0.4) is 0 Å². The lowest BCUT2D eigenvalue weighted by Gasteiger charge is -2.20. The molecule has 0 amide bonds. The van der Waals surface area contributed by atoms with Crippen molar-refractivity contribution >= 4 is 17.8 Å². The Labute approximate surface area is 156 Å². The van der Waals surface area contributed by atoms with Gasteiger partial charge in [0.15, 0.2) is 18.9 Å². The first kappa shape index (κ1) is 19.6. The van der Waals surface area contributed by atoms with Crippen molar-refractivity contribution in [3.8, 4) is 0 Å². The second kappa shape index (κ2) is 10.4. The number of halogens is 1. The van der Waals surface area contributed by atoms with Crippen LogP contribution in [0.25, 0.3) is 12.2 Å². The van der Waals surface area contributed by atoms with Crippen molar-refractivity contribution in [3.05, 3.63) is 59.9 Å². The zero-order valence-electron chi connectivity index (χ0n) is 13.8. The number of nitrogens with zero attached hydrogens (tertiary/aromatic N) is 2. The molecule has 0 fully saturated rings. The van der Waals surface area contributed by atoms with Crippen LogP contribution < -0.4 is 33.4 Å². The molecule has 0 aliphatic carbocycles. The van der Waals surface area contributed by atoms with E-state index < -0.39 is 0 Å². The van der Waals surface area contributed by atoms with E-state index in [2.05, 4.69) is 67.3 Å². The highest BCUT2D eigenvalue weighted by Crippen LogP contribution is 2.16. The topological polar surface area (TPSA) is 27.4 Å². The van der Waals surface area contributed by atoms with Gasteiger partial charge in [0.05, 0.1) is 0 Å². The number of hydrogen-bond acceptors (Lipinski definition) is 2. The summed E-state index contributed by atoms with van der Waals surface area (Å²) in [5, 5.41) is 8.90. The molecule has 3 nitrogen and oxygen atoms in total. The molecule has 1 aromatic carbocycles. The van der Waals surface area contributed by atoms with E-state index in [0.717, 1.165) is 18.7 Å². The summed E-state index contributed by atoms with van der Waals surface area (Å²) < 4.78 is 1.97. The molecule has 124 valence electrons. The summed E-state index contributed by atoms with van der Waals surface area (Å²) in [7, 11) is 0. The number of aliphatic hydroxyl groups is 1. The Hall–Kier alpha value is -1.40. The van der Waals surface area contributed by atoms with Crippen LogP contribution in [0.15, 0.2) is 48.8 Å². The molecule has 0 aliphatic rings. The van der Waals surface area contributed by atoms with Gasteiger partial charge in [-0.2, -0.15) is 0 Å². The fourth-order valence-corrected chi connectivity index (χ4v) is 2.42. The van der Waals surface area contributed by atoms with Gasteiger partial charge in [-0.15, -0.1) is 0 Å². The number of hydrogen-bond donors (Lipinski definition) is 1. The van der Waals surface area contributed by atoms with E-state index in [1.54, 1.807) is 0 Å². The molecular weight excluding hydrogens is 399 g/mol. The Kier molecular flexibility index (Phi) is 8.87. The number of anilines is 1. The molecule has 0 unspecified atom stereocenters. The van der Waals surface area contributed by atoms with Crippen LogP contribution in [0.2, 0.25) is 0 Å². The summed E-state index contributed by atoms with van der Waals surface area (Å²) in [4.78, 5) is 2.34. The summed E-state index contributed by atoms with van der Waals surface area (Å²) in [6, 6.07) is 12.8. The number of pyridine rings is 1. The standard InChI is InChI=1S/C19H25N2O.HI/c1-3-21(4-2)19-9-7-17(8-10-19)5-6-18-11-13-20(14-12-18)15-16-22;/h5-14,22H,3-4,15-16H2,1-2H3;1H/q+1;/p-1. The third-order valence-electron chi connectivity index (χ3n) is 3.77. The molecule has 2 aromatic rings. The van der Waals surface area contributed by atoms with Crippen LogP contribution in [-0.2, 0) is 6.54 Å². The predicted molar refractivity (Wildman–Crippen MR) is 92.7 cm³/mol. The lowest BCUT2D eigenvalue weighted by Crippen LogP contribution is -3.00. The average molecular weight is 424 g/mol. The van der Waals surface area contributed by atoms with Crippen LogP contribution in [0.5, 0.6) is 0 Å². The third-order valence-corrected chi connectivity index (χ3v) is 3.77. The van der Waals surface area contributed by atoms with Crippen molar-refractivity contribution in [3.63, 3.8) is 0 Å². The summed E-state index contributed by atoms with van der Waals surface area (Å²) in [6.07, 6.45) is 8.20. The van der Waals surface area contributed by atoms with Crippen molar-refractivity contribution < 1.29 is 33.7 Å². The Morgan fingerprint density at radius 3 is 1.91 bits per heavy atom. The predicted octanol–water partition coefficient (Wildman–Crippen LogP) is -0.0130. The quantitative estimate of drug-likeness (QED) is 0.500. The molecule has 0 atom stereocenters. The molecule has 23 heavy (non-hydrogen) atoms. The normalized spacial score (nSPS) is 10.6. The molecular formula is C19H25IN2O. The van der Waals surface area contributed by atoms with Gasteiger partial charge in [-0.25, -0.2) is 4.57 Å². The van der Waals surface area contributed by atoms with Gasteiger partial charge in [0, 0.05) is 30.9 Å². The second-order valence-corrected chi connectivity index (χ2v) is 5.19. The molecule has 4 heteroatoms. The first-order valence-electron chi connectivity index (χ1n) is 7.90. The number of rotatable bonds is 7. The summed E-state index contributed by atoms with van der Waals surface area (Å²) in [5.74, 6) is 0. The van der Waals surface area contributed by atoms with Crippen LogP contribution in [-0.4, -0.2) is 24.8 Å². The van der Waals surface area contributed by atoms with Gasteiger partial charge < -0.3 is 34.0 Å². The minimum absolute atomic E-state index is 0. The van der Waals surface area contributed by atoms with E-state index in [0.29, 0.717) is 6.54 Å². The van der Waals surface area contributed by atoms with Gasteiger partial charge in [0.2, 0.25) is 0 Å². The molecule has 1 heterocycles. The molecule has 0 bridgehead atoms. The van der Waals surface area contributed by atoms with Crippen molar-refractivity contribution in [1.29, 1.82) is 0 Å². The van der Waals surface area contributed by atoms with Crippen LogP contribution in [0.4, 0.5) is 5.69 Å². The second-order valence-electron chi connectivity index (χ2n) is 5.19. The summed E-state index contributed by atoms with van der Waals surface area (Å²) in [6.45, 7) is 7.22. The minimum atomic E-state index is 0. The van der Waals surface area contributed by atoms with Crippen molar-refractivity contribution in [2.24, 2.45) is 0 Å². The Balaban J connectivity index is 0.00000264. The Morgan fingerprint density at radius 2 is 1.43 bits per heavy atom. The molecule has 2 rings (SSSR count). The highest BCUT2D eigenvalue weighted by Gasteiger charge is 2.00. The maximum atomic E-state index is 8.90. The van der Waals surface area contributed by atoms with E-state index in [-0.39, 0.29) is 30.6 Å². The monoisotopic (exact) mass is 424 g/mol. The largest absolute Gasteiger partial charge is 1.00 e. The maximum absolute atomic E-state index is 8.90. The van der Waals surface area contributed by atoms with Gasteiger partial charge in [0.25, 0.3) is 0 Å². The van der Waals surface area contributed by atoms with E-state index >= 15 is 0 Å². The van der Waals surface area contributed by atoms with Gasteiger partial charge in [0.1, 0.15) is 6.61 Å². The third kappa shape index (κ3) is 5.95. The van der Waals surface area contributed by atoms with Crippen LogP contribution >= 0.6 is 0 Å². The van der Waals surface area contributed by atoms with Crippen molar-refractivity contribution in [1.82, 2.24) is 0 Å². The zero-order valence-corrected chi connectivity index (χ0v) is 16.0. The van der Waals surface area contributed by atoms with Gasteiger partial charge in [-0.1, -0.05) is 24.3 Å². The van der Waals surface area contributed by atoms with Gasteiger partial charge in [-0.05, 0) is 37.1 Å². The smallest absolute Gasteiger partial charge is 0.171 e. The first-order valence-corrected chi connectivity index (χ1v) is 7.90. The highest BCUT2D eigenvalue weighted by molar-refractivity contribution is 5.70. The van der Waals surface area contributed by atoms with Crippen LogP contribution in [0.1, 0.15) is 25.0 Å². The highest BCUT2D eigenvalue weighted by atomic mass is 127. The first-order chi connectivity index (χ1) is 10.8. The van der Waals surface area contributed by atoms with E-state index in [9.17, 15) is 0 Å². The van der Waals surface area contributed by atoms with Crippen molar-refractivity contribution in [2.45, 2.75) is 20.4 Å². The Morgan fingerprint density at radius 1 is 0.913 bits per heavy atom. The van der Waals surface area contributed by atoms with Gasteiger partial charge >= 0.3 is 0 Å². The van der Waals surface area contributed by atoms with Crippen molar-refractivity contribution in [2.75, 3.05) is 24.6 Å². The van der Waals surface area contributed by atoms with E-state index in [1.807, 2.05) is 17.0 Å². The molecule has 0 spiro atoms. The van der Waals surface area contributed by atoms with Gasteiger partial charge in [-0.3, -0.25) is 0 Å². The maximum Gasteiger partial charge on any atom is 0.171 e. The fraction of sp³-hybridized carbons (Fsp3) is 0.316. The zero-order chi connectivity index (χ0) is 15.8. The van der Waals surface area contributed by atoms with E-state index in [4.69, 9.17) is 5.11 Å². The summed E-state index contributed by atoms with van der Waals surface area (Å²) >= 11 is 0. The minimum Gasteiger partial charge on any atom is -1.00 e. The summed E-state index contributed by atoms with van der Waals surface area (Å²) in [5.41, 5.74) is 3.62. The molecule has 0 aliphatic heterocycles. The average Bonchev–Trinajstić information content (AvgIpc) is 2.57. The molecule has 0 saturated heterocycles. The number of aromatic nitrogens is 1.